The van der Waals surface area contributed by atoms with E-state index in [9.17, 15) is 4.79 Å². The van der Waals surface area contributed by atoms with E-state index in [0.29, 0.717) is 6.42 Å². The van der Waals surface area contributed by atoms with E-state index in [2.05, 4.69) is 11.4 Å². The molecule has 86 valence electrons. The fraction of sp³-hybridized carbons (Fsp3) is 0.500. The van der Waals surface area contributed by atoms with E-state index in [4.69, 9.17) is 5.26 Å². The summed E-state index contributed by atoms with van der Waals surface area (Å²) in [5.74, 6) is -0.00927. The number of carbonyl (C=O) groups excluding carboxylic acids is 1. The number of rotatable bonds is 4. The van der Waals surface area contributed by atoms with Crippen molar-refractivity contribution >= 4 is 17.2 Å². The lowest BCUT2D eigenvalue weighted by atomic mass is 9.90. The molecule has 0 saturated carbocycles. The molecule has 1 unspecified atom stereocenters. The zero-order valence-corrected chi connectivity index (χ0v) is 10.6. The second-order valence-electron chi connectivity index (χ2n) is 4.27. The summed E-state index contributed by atoms with van der Waals surface area (Å²) in [6, 6.07) is 6.00. The van der Waals surface area contributed by atoms with Gasteiger partial charge in [-0.15, -0.1) is 11.3 Å². The molecule has 16 heavy (non-hydrogen) atoms. The third-order valence-corrected chi connectivity index (χ3v) is 3.58. The monoisotopic (exact) mass is 236 g/mol. The molecule has 1 amide bonds. The fourth-order valence-corrected chi connectivity index (χ4v) is 1.91. The van der Waals surface area contributed by atoms with Crippen molar-refractivity contribution in [3.8, 4) is 6.07 Å². The number of hydrogen-bond donors (Lipinski definition) is 1. The molecule has 0 bridgehead atoms. The van der Waals surface area contributed by atoms with E-state index in [1.165, 1.54) is 0 Å². The summed E-state index contributed by atoms with van der Waals surface area (Å²) >= 11 is 1.55. The summed E-state index contributed by atoms with van der Waals surface area (Å²) in [4.78, 5) is 12.7. The molecule has 0 aromatic carbocycles. The Bertz CT molecular complexity index is 392. The van der Waals surface area contributed by atoms with Crippen molar-refractivity contribution in [2.45, 2.75) is 32.7 Å². The summed E-state index contributed by atoms with van der Waals surface area (Å²) in [5.41, 5.74) is -0.783. The Morgan fingerprint density at radius 3 is 2.81 bits per heavy atom. The number of nitrogens with zero attached hydrogens (tertiary/aromatic N) is 1. The van der Waals surface area contributed by atoms with Gasteiger partial charge in [-0.3, -0.25) is 4.79 Å². The molecular formula is C12H16N2OS. The Hall–Kier alpha value is -1.34. The first kappa shape index (κ1) is 12.7. The first-order valence-corrected chi connectivity index (χ1v) is 6.10. The van der Waals surface area contributed by atoms with E-state index >= 15 is 0 Å². The predicted octanol–water partition coefficient (Wildman–Crippen LogP) is 2.35. The SMILES string of the molecule is CC(C)C(C)(C#N)NC(=O)Cc1cccs1. The smallest absolute Gasteiger partial charge is 0.226 e. The molecule has 4 heteroatoms. The molecule has 3 nitrogen and oxygen atoms in total. The average Bonchev–Trinajstić information content (AvgIpc) is 2.69. The second kappa shape index (κ2) is 5.13. The van der Waals surface area contributed by atoms with Crippen molar-refractivity contribution in [3.05, 3.63) is 22.4 Å². The van der Waals surface area contributed by atoms with Gasteiger partial charge in [0.2, 0.25) is 5.91 Å². The molecule has 0 saturated heterocycles. The molecular weight excluding hydrogens is 220 g/mol. The van der Waals surface area contributed by atoms with Crippen LogP contribution in [0.15, 0.2) is 17.5 Å². The van der Waals surface area contributed by atoms with Crippen LogP contribution >= 0.6 is 11.3 Å². The van der Waals surface area contributed by atoms with Crippen LogP contribution in [0.3, 0.4) is 0 Å². The lowest BCUT2D eigenvalue weighted by Gasteiger charge is -2.27. The van der Waals surface area contributed by atoms with Gasteiger partial charge in [-0.2, -0.15) is 5.26 Å². The molecule has 0 fully saturated rings. The minimum Gasteiger partial charge on any atom is -0.338 e. The molecule has 1 N–H and O–H groups in total. The van der Waals surface area contributed by atoms with E-state index in [-0.39, 0.29) is 11.8 Å². The van der Waals surface area contributed by atoms with E-state index in [1.807, 2.05) is 31.4 Å². The number of hydrogen-bond acceptors (Lipinski definition) is 3. The van der Waals surface area contributed by atoms with Gasteiger partial charge in [0.05, 0.1) is 12.5 Å². The highest BCUT2D eigenvalue weighted by atomic mass is 32.1. The Morgan fingerprint density at radius 2 is 2.38 bits per heavy atom. The van der Waals surface area contributed by atoms with Crippen molar-refractivity contribution in [2.24, 2.45) is 5.92 Å². The van der Waals surface area contributed by atoms with Gasteiger partial charge in [0.25, 0.3) is 0 Å². The van der Waals surface area contributed by atoms with Crippen molar-refractivity contribution in [1.82, 2.24) is 5.32 Å². The molecule has 1 heterocycles. The maximum atomic E-state index is 11.7. The minimum atomic E-state index is -0.783. The molecule has 0 aliphatic rings. The van der Waals surface area contributed by atoms with E-state index in [0.717, 1.165) is 4.88 Å². The molecule has 0 spiro atoms. The van der Waals surface area contributed by atoms with Gasteiger partial charge in [-0.25, -0.2) is 0 Å². The molecule has 1 rings (SSSR count). The quantitative estimate of drug-likeness (QED) is 0.872. The van der Waals surface area contributed by atoms with E-state index < -0.39 is 5.54 Å². The maximum Gasteiger partial charge on any atom is 0.226 e. The zero-order chi connectivity index (χ0) is 12.2. The standard InChI is InChI=1S/C12H16N2OS/c1-9(2)12(3,8-13)14-11(15)7-10-5-4-6-16-10/h4-6,9H,7H2,1-3H3,(H,14,15). The highest BCUT2D eigenvalue weighted by Crippen LogP contribution is 2.16. The van der Waals surface area contributed by atoms with Gasteiger partial charge >= 0.3 is 0 Å². The molecule has 1 atom stereocenters. The van der Waals surface area contributed by atoms with Crippen LogP contribution < -0.4 is 5.32 Å². The lowest BCUT2D eigenvalue weighted by molar-refractivity contribution is -0.122. The molecule has 0 aliphatic heterocycles. The van der Waals surface area contributed by atoms with Crippen LogP contribution in [0.1, 0.15) is 25.6 Å². The molecule has 1 aromatic heterocycles. The molecule has 0 radical (unpaired) electrons. The van der Waals surface area contributed by atoms with Crippen LogP contribution in [-0.2, 0) is 11.2 Å². The largest absolute Gasteiger partial charge is 0.338 e. The Balaban J connectivity index is 2.61. The van der Waals surface area contributed by atoms with Gasteiger partial charge < -0.3 is 5.32 Å². The third-order valence-electron chi connectivity index (χ3n) is 2.70. The van der Waals surface area contributed by atoms with Crippen LogP contribution in [0.25, 0.3) is 0 Å². The zero-order valence-electron chi connectivity index (χ0n) is 9.78. The van der Waals surface area contributed by atoms with Crippen LogP contribution in [0.2, 0.25) is 0 Å². The van der Waals surface area contributed by atoms with Crippen molar-refractivity contribution in [2.75, 3.05) is 0 Å². The minimum absolute atomic E-state index is 0.0878. The summed E-state index contributed by atoms with van der Waals surface area (Å²) in [6.45, 7) is 5.60. The second-order valence-corrected chi connectivity index (χ2v) is 5.31. The van der Waals surface area contributed by atoms with Crippen molar-refractivity contribution < 1.29 is 4.79 Å². The first-order valence-electron chi connectivity index (χ1n) is 5.22. The summed E-state index contributed by atoms with van der Waals surface area (Å²) in [7, 11) is 0. The predicted molar refractivity (Wildman–Crippen MR) is 65.0 cm³/mol. The van der Waals surface area contributed by atoms with E-state index in [1.54, 1.807) is 18.3 Å². The summed E-state index contributed by atoms with van der Waals surface area (Å²) < 4.78 is 0. The fourth-order valence-electron chi connectivity index (χ4n) is 1.21. The van der Waals surface area contributed by atoms with Gasteiger partial charge in [0, 0.05) is 4.88 Å². The van der Waals surface area contributed by atoms with Crippen molar-refractivity contribution in [1.29, 1.82) is 5.26 Å². The highest BCUT2D eigenvalue weighted by Gasteiger charge is 2.29. The third kappa shape index (κ3) is 3.07. The lowest BCUT2D eigenvalue weighted by Crippen LogP contribution is -2.49. The molecule has 1 aromatic rings. The normalized spacial score (nSPS) is 14.2. The number of amides is 1. The Labute approximate surface area is 100 Å². The number of nitriles is 1. The van der Waals surface area contributed by atoms with Crippen LogP contribution in [0, 0.1) is 17.2 Å². The first-order chi connectivity index (χ1) is 7.48. The number of carbonyl (C=O) groups is 1. The number of thiophene rings is 1. The molecule has 0 aliphatic carbocycles. The average molecular weight is 236 g/mol. The van der Waals surface area contributed by atoms with Crippen molar-refractivity contribution in [3.63, 3.8) is 0 Å². The van der Waals surface area contributed by atoms with Gasteiger partial charge in [0.1, 0.15) is 5.54 Å². The highest BCUT2D eigenvalue weighted by molar-refractivity contribution is 7.10. The van der Waals surface area contributed by atoms with Gasteiger partial charge in [-0.1, -0.05) is 19.9 Å². The van der Waals surface area contributed by atoms with Gasteiger partial charge in [-0.05, 0) is 24.3 Å². The summed E-state index contributed by atoms with van der Waals surface area (Å²) in [5, 5.41) is 13.8. The van der Waals surface area contributed by atoms with Crippen LogP contribution in [0.4, 0.5) is 0 Å². The number of nitrogens with one attached hydrogen (secondary N) is 1. The topological polar surface area (TPSA) is 52.9 Å². The Kier molecular flexibility index (Phi) is 4.08. The maximum absolute atomic E-state index is 11.7. The van der Waals surface area contributed by atoms with Crippen LogP contribution in [-0.4, -0.2) is 11.4 Å². The Morgan fingerprint density at radius 1 is 1.69 bits per heavy atom. The van der Waals surface area contributed by atoms with Crippen LogP contribution in [0.5, 0.6) is 0 Å². The van der Waals surface area contributed by atoms with Gasteiger partial charge in [0.15, 0.2) is 0 Å². The summed E-state index contributed by atoms with van der Waals surface area (Å²) in [6.07, 6.45) is 0.349.